The summed E-state index contributed by atoms with van der Waals surface area (Å²) in [6.07, 6.45) is 4.15. The third-order valence-corrected chi connectivity index (χ3v) is 3.17. The molecule has 0 saturated carbocycles. The van der Waals surface area contributed by atoms with Gasteiger partial charge in [0.25, 0.3) is 0 Å². The zero-order chi connectivity index (χ0) is 13.0. The maximum atomic E-state index is 4.45. The molecule has 0 fully saturated rings. The largest absolute Gasteiger partial charge is 0.381 e. The number of rotatable bonds is 5. The van der Waals surface area contributed by atoms with Crippen LogP contribution in [0.2, 0.25) is 0 Å². The van der Waals surface area contributed by atoms with Crippen molar-refractivity contribution in [3.05, 3.63) is 47.3 Å². The third kappa shape index (κ3) is 2.92. The van der Waals surface area contributed by atoms with Crippen molar-refractivity contribution in [1.82, 2.24) is 9.78 Å². The summed E-state index contributed by atoms with van der Waals surface area (Å²) in [6, 6.07) is 8.63. The molecule has 0 saturated heterocycles. The number of nitrogens with zero attached hydrogens (tertiary/aromatic N) is 2. The molecule has 0 spiro atoms. The predicted octanol–water partition coefficient (Wildman–Crippen LogP) is 3.16. The minimum absolute atomic E-state index is 0.836. The fraction of sp³-hybridized carbons (Fsp3) is 0.400. The van der Waals surface area contributed by atoms with E-state index in [2.05, 4.69) is 54.7 Å². The lowest BCUT2D eigenvalue weighted by Crippen LogP contribution is -2.01. The summed E-state index contributed by atoms with van der Waals surface area (Å²) >= 11 is 0. The van der Waals surface area contributed by atoms with E-state index < -0.39 is 0 Å². The molecule has 18 heavy (non-hydrogen) atoms. The molecule has 1 heterocycles. The summed E-state index contributed by atoms with van der Waals surface area (Å²) in [4.78, 5) is 0. The van der Waals surface area contributed by atoms with Gasteiger partial charge in [0.05, 0.1) is 5.69 Å². The highest BCUT2D eigenvalue weighted by Gasteiger charge is 2.05. The molecule has 2 aromatic rings. The maximum absolute atomic E-state index is 4.45. The van der Waals surface area contributed by atoms with Gasteiger partial charge < -0.3 is 5.32 Å². The minimum Gasteiger partial charge on any atom is -0.381 e. The second kappa shape index (κ2) is 5.71. The second-order valence-electron chi connectivity index (χ2n) is 4.53. The van der Waals surface area contributed by atoms with Gasteiger partial charge in [-0.25, -0.2) is 0 Å². The number of anilines is 1. The van der Waals surface area contributed by atoms with Crippen molar-refractivity contribution in [2.24, 2.45) is 7.05 Å². The van der Waals surface area contributed by atoms with Crippen molar-refractivity contribution in [3.8, 4) is 0 Å². The van der Waals surface area contributed by atoms with Gasteiger partial charge in [-0.15, -0.1) is 0 Å². The van der Waals surface area contributed by atoms with Crippen LogP contribution in [-0.2, 0) is 26.4 Å². The van der Waals surface area contributed by atoms with Gasteiger partial charge in [-0.3, -0.25) is 4.68 Å². The highest BCUT2D eigenvalue weighted by Crippen LogP contribution is 2.13. The van der Waals surface area contributed by atoms with Crippen molar-refractivity contribution in [2.45, 2.75) is 33.2 Å². The molecule has 1 N–H and O–H groups in total. The number of nitrogens with one attached hydrogen (secondary N) is 1. The van der Waals surface area contributed by atoms with Crippen LogP contribution in [-0.4, -0.2) is 9.78 Å². The third-order valence-electron chi connectivity index (χ3n) is 3.17. The quantitative estimate of drug-likeness (QED) is 0.874. The molecule has 0 radical (unpaired) electrons. The van der Waals surface area contributed by atoms with Crippen LogP contribution in [0.3, 0.4) is 0 Å². The Kier molecular flexibility index (Phi) is 4.03. The lowest BCUT2D eigenvalue weighted by atomic mass is 10.1. The van der Waals surface area contributed by atoms with Crippen LogP contribution in [0.25, 0.3) is 0 Å². The number of benzene rings is 1. The van der Waals surface area contributed by atoms with E-state index in [0.717, 1.165) is 25.1 Å². The summed E-state index contributed by atoms with van der Waals surface area (Å²) in [5, 5.41) is 7.89. The van der Waals surface area contributed by atoms with Crippen molar-refractivity contribution in [1.29, 1.82) is 0 Å². The van der Waals surface area contributed by atoms with Gasteiger partial charge in [0, 0.05) is 31.0 Å². The van der Waals surface area contributed by atoms with E-state index in [-0.39, 0.29) is 0 Å². The van der Waals surface area contributed by atoms with Crippen LogP contribution < -0.4 is 5.32 Å². The standard InChI is InChI=1S/C15H21N3/c1-4-12-6-8-14(9-7-12)16-10-13-11-18(3)17-15(13)5-2/h6-9,11,16H,4-5,10H2,1-3H3. The Bertz CT molecular complexity index is 497. The summed E-state index contributed by atoms with van der Waals surface area (Å²) in [5.41, 5.74) is 4.99. The van der Waals surface area contributed by atoms with Gasteiger partial charge in [0.15, 0.2) is 0 Å². The topological polar surface area (TPSA) is 29.9 Å². The number of aromatic nitrogens is 2. The minimum atomic E-state index is 0.836. The van der Waals surface area contributed by atoms with E-state index in [9.17, 15) is 0 Å². The van der Waals surface area contributed by atoms with Gasteiger partial charge in [0.1, 0.15) is 0 Å². The zero-order valence-corrected chi connectivity index (χ0v) is 11.4. The molecule has 3 nitrogen and oxygen atoms in total. The normalized spacial score (nSPS) is 10.6. The van der Waals surface area contributed by atoms with E-state index in [0.29, 0.717) is 0 Å². The first-order chi connectivity index (χ1) is 8.72. The van der Waals surface area contributed by atoms with Gasteiger partial charge >= 0.3 is 0 Å². The molecule has 0 aliphatic heterocycles. The van der Waals surface area contributed by atoms with Crippen LogP contribution >= 0.6 is 0 Å². The van der Waals surface area contributed by atoms with E-state index in [1.165, 1.54) is 16.8 Å². The molecular formula is C15H21N3. The van der Waals surface area contributed by atoms with E-state index in [1.54, 1.807) is 0 Å². The average molecular weight is 243 g/mol. The molecule has 1 aromatic heterocycles. The van der Waals surface area contributed by atoms with Gasteiger partial charge in [-0.2, -0.15) is 5.10 Å². The number of hydrogen-bond acceptors (Lipinski definition) is 2. The molecular weight excluding hydrogens is 222 g/mol. The smallest absolute Gasteiger partial charge is 0.0671 e. The summed E-state index contributed by atoms with van der Waals surface area (Å²) in [7, 11) is 1.97. The molecule has 0 bridgehead atoms. The Morgan fingerprint density at radius 2 is 1.83 bits per heavy atom. The monoisotopic (exact) mass is 243 g/mol. The SMILES string of the molecule is CCc1ccc(NCc2cn(C)nc2CC)cc1. The van der Waals surface area contributed by atoms with Crippen LogP contribution in [0.15, 0.2) is 30.5 Å². The highest BCUT2D eigenvalue weighted by atomic mass is 15.3. The van der Waals surface area contributed by atoms with Crippen LogP contribution in [0.5, 0.6) is 0 Å². The Labute approximate surface area is 109 Å². The average Bonchev–Trinajstić information content (AvgIpc) is 2.77. The summed E-state index contributed by atoms with van der Waals surface area (Å²) in [5.74, 6) is 0. The molecule has 0 amide bonds. The Balaban J connectivity index is 2.01. The fourth-order valence-electron chi connectivity index (χ4n) is 2.08. The van der Waals surface area contributed by atoms with E-state index in [4.69, 9.17) is 0 Å². The first-order valence-electron chi connectivity index (χ1n) is 6.57. The lowest BCUT2D eigenvalue weighted by Gasteiger charge is -2.06. The van der Waals surface area contributed by atoms with Crippen molar-refractivity contribution >= 4 is 5.69 Å². The van der Waals surface area contributed by atoms with Gasteiger partial charge in [-0.1, -0.05) is 26.0 Å². The summed E-state index contributed by atoms with van der Waals surface area (Å²) < 4.78 is 1.88. The lowest BCUT2D eigenvalue weighted by molar-refractivity contribution is 0.746. The summed E-state index contributed by atoms with van der Waals surface area (Å²) in [6.45, 7) is 5.15. The van der Waals surface area contributed by atoms with Crippen LogP contribution in [0.4, 0.5) is 5.69 Å². The predicted molar refractivity (Wildman–Crippen MR) is 75.7 cm³/mol. The molecule has 2 rings (SSSR count). The molecule has 0 atom stereocenters. The molecule has 0 unspecified atom stereocenters. The number of aryl methyl sites for hydroxylation is 3. The molecule has 0 aliphatic carbocycles. The van der Waals surface area contributed by atoms with Crippen LogP contribution in [0, 0.1) is 0 Å². The van der Waals surface area contributed by atoms with Gasteiger partial charge in [0.2, 0.25) is 0 Å². The van der Waals surface area contributed by atoms with Gasteiger partial charge in [-0.05, 0) is 30.5 Å². The van der Waals surface area contributed by atoms with Crippen molar-refractivity contribution < 1.29 is 0 Å². The maximum Gasteiger partial charge on any atom is 0.0671 e. The van der Waals surface area contributed by atoms with E-state index in [1.807, 2.05) is 11.7 Å². The van der Waals surface area contributed by atoms with Crippen molar-refractivity contribution in [3.63, 3.8) is 0 Å². The molecule has 96 valence electrons. The van der Waals surface area contributed by atoms with Crippen molar-refractivity contribution in [2.75, 3.05) is 5.32 Å². The molecule has 1 aromatic carbocycles. The first kappa shape index (κ1) is 12.7. The number of hydrogen-bond donors (Lipinski definition) is 1. The first-order valence-corrected chi connectivity index (χ1v) is 6.57. The Hall–Kier alpha value is -1.77. The second-order valence-corrected chi connectivity index (χ2v) is 4.53. The van der Waals surface area contributed by atoms with Crippen LogP contribution in [0.1, 0.15) is 30.7 Å². The highest BCUT2D eigenvalue weighted by molar-refractivity contribution is 5.45. The fourth-order valence-corrected chi connectivity index (χ4v) is 2.08. The molecule has 0 aliphatic rings. The zero-order valence-electron chi connectivity index (χ0n) is 11.4. The van der Waals surface area contributed by atoms with E-state index >= 15 is 0 Å². The molecule has 3 heteroatoms. The Morgan fingerprint density at radius 1 is 1.11 bits per heavy atom. The Morgan fingerprint density at radius 3 is 2.44 bits per heavy atom.